The molecule has 2 aromatic carbocycles. The quantitative estimate of drug-likeness (QED) is 0.889. The van der Waals surface area contributed by atoms with E-state index in [1.807, 2.05) is 56.3 Å². The van der Waals surface area contributed by atoms with Crippen LogP contribution >= 0.6 is 0 Å². The predicted octanol–water partition coefficient (Wildman–Crippen LogP) is 3.24. The highest BCUT2D eigenvalue weighted by Crippen LogP contribution is 2.19. The number of anilines is 1. The minimum atomic E-state index is -3.16. The summed E-state index contributed by atoms with van der Waals surface area (Å²) in [6.07, 6.45) is -0.0120. The van der Waals surface area contributed by atoms with Gasteiger partial charge in [-0.15, -0.1) is 0 Å². The molecule has 0 radical (unpaired) electrons. The van der Waals surface area contributed by atoms with Gasteiger partial charge in [0.1, 0.15) is 0 Å². The zero-order chi connectivity index (χ0) is 16.2. The lowest BCUT2D eigenvalue weighted by Gasteiger charge is -2.08. The number of fused-ring (bicyclic) bond motifs is 1. The standard InChI is InChI=1S/C17H21NO3S/c1-13(2)12-22(20,21)10-9-17(19)18-16-8-7-14-5-3-4-6-15(14)11-16/h3-8,11,13H,9-10,12H2,1-2H3,(H,18,19). The Morgan fingerprint density at radius 1 is 1.09 bits per heavy atom. The number of hydrogen-bond donors (Lipinski definition) is 1. The van der Waals surface area contributed by atoms with E-state index in [-0.39, 0.29) is 29.8 Å². The van der Waals surface area contributed by atoms with Crippen LogP contribution in [0.3, 0.4) is 0 Å². The van der Waals surface area contributed by atoms with Crippen molar-refractivity contribution in [3.8, 4) is 0 Å². The Kier molecular flexibility index (Phi) is 5.19. The van der Waals surface area contributed by atoms with Crippen molar-refractivity contribution in [2.45, 2.75) is 20.3 Å². The van der Waals surface area contributed by atoms with E-state index in [1.165, 1.54) is 0 Å². The van der Waals surface area contributed by atoms with E-state index >= 15 is 0 Å². The van der Waals surface area contributed by atoms with Crippen LogP contribution < -0.4 is 5.32 Å². The molecule has 0 saturated heterocycles. The number of nitrogens with one attached hydrogen (secondary N) is 1. The zero-order valence-electron chi connectivity index (χ0n) is 12.9. The monoisotopic (exact) mass is 319 g/mol. The lowest BCUT2D eigenvalue weighted by molar-refractivity contribution is -0.115. The Labute approximate surface area is 131 Å². The molecule has 0 fully saturated rings. The van der Waals surface area contributed by atoms with E-state index in [2.05, 4.69) is 5.32 Å². The highest BCUT2D eigenvalue weighted by atomic mass is 32.2. The number of rotatable bonds is 6. The average molecular weight is 319 g/mol. The Balaban J connectivity index is 1.96. The van der Waals surface area contributed by atoms with Crippen molar-refractivity contribution in [3.63, 3.8) is 0 Å². The maximum Gasteiger partial charge on any atom is 0.225 e. The van der Waals surface area contributed by atoms with Gasteiger partial charge in [0.2, 0.25) is 5.91 Å². The molecule has 0 aliphatic carbocycles. The summed E-state index contributed by atoms with van der Waals surface area (Å²) in [6.45, 7) is 3.71. The van der Waals surface area contributed by atoms with E-state index in [0.29, 0.717) is 5.69 Å². The molecule has 0 saturated carbocycles. The second-order valence-electron chi connectivity index (χ2n) is 5.87. The van der Waals surface area contributed by atoms with Gasteiger partial charge < -0.3 is 5.32 Å². The third-order valence-electron chi connectivity index (χ3n) is 3.26. The molecule has 0 spiro atoms. The van der Waals surface area contributed by atoms with Gasteiger partial charge in [0.05, 0.1) is 11.5 Å². The Morgan fingerprint density at radius 3 is 2.45 bits per heavy atom. The van der Waals surface area contributed by atoms with Gasteiger partial charge in [-0.2, -0.15) is 0 Å². The van der Waals surface area contributed by atoms with E-state index < -0.39 is 9.84 Å². The molecule has 4 nitrogen and oxygen atoms in total. The van der Waals surface area contributed by atoms with Crippen molar-refractivity contribution in [1.29, 1.82) is 0 Å². The van der Waals surface area contributed by atoms with E-state index in [0.717, 1.165) is 10.8 Å². The lowest BCUT2D eigenvalue weighted by Crippen LogP contribution is -2.20. The molecule has 0 bridgehead atoms. The molecular formula is C17H21NO3S. The molecule has 5 heteroatoms. The third kappa shape index (κ3) is 4.84. The first-order chi connectivity index (χ1) is 10.4. The summed E-state index contributed by atoms with van der Waals surface area (Å²) >= 11 is 0. The topological polar surface area (TPSA) is 63.2 Å². The minimum Gasteiger partial charge on any atom is -0.326 e. The average Bonchev–Trinajstić information content (AvgIpc) is 2.44. The van der Waals surface area contributed by atoms with Gasteiger partial charge in [0.15, 0.2) is 9.84 Å². The number of benzene rings is 2. The maximum absolute atomic E-state index is 11.9. The highest BCUT2D eigenvalue weighted by molar-refractivity contribution is 7.91. The molecule has 2 rings (SSSR count). The van der Waals surface area contributed by atoms with Crippen LogP contribution in [0.2, 0.25) is 0 Å². The summed E-state index contributed by atoms with van der Waals surface area (Å²) in [6, 6.07) is 13.5. The number of amides is 1. The third-order valence-corrected chi connectivity index (χ3v) is 5.26. The van der Waals surface area contributed by atoms with Crippen molar-refractivity contribution in [3.05, 3.63) is 42.5 Å². The van der Waals surface area contributed by atoms with Crippen LogP contribution in [0.5, 0.6) is 0 Å². The SMILES string of the molecule is CC(C)CS(=O)(=O)CCC(=O)Nc1ccc2ccccc2c1. The number of hydrogen-bond acceptors (Lipinski definition) is 3. The molecule has 1 N–H and O–H groups in total. The van der Waals surface area contributed by atoms with Gasteiger partial charge in [0, 0.05) is 12.1 Å². The fraction of sp³-hybridized carbons (Fsp3) is 0.353. The molecule has 118 valence electrons. The maximum atomic E-state index is 11.9. The van der Waals surface area contributed by atoms with Gasteiger partial charge >= 0.3 is 0 Å². The summed E-state index contributed by atoms with van der Waals surface area (Å²) in [4.78, 5) is 11.9. The van der Waals surface area contributed by atoms with Crippen molar-refractivity contribution in [2.75, 3.05) is 16.8 Å². The fourth-order valence-corrected chi connectivity index (χ4v) is 4.01. The predicted molar refractivity (Wildman–Crippen MR) is 90.7 cm³/mol. The zero-order valence-corrected chi connectivity index (χ0v) is 13.7. The number of sulfone groups is 1. The Hall–Kier alpha value is -1.88. The molecule has 2 aromatic rings. The summed E-state index contributed by atoms with van der Waals surface area (Å²) in [5.74, 6) is -0.183. The molecule has 0 aromatic heterocycles. The summed E-state index contributed by atoms with van der Waals surface area (Å²) in [7, 11) is -3.16. The molecule has 0 heterocycles. The number of carbonyl (C=O) groups is 1. The molecule has 0 aliphatic heterocycles. The molecule has 1 amide bonds. The van der Waals surface area contributed by atoms with Crippen LogP contribution in [0.15, 0.2) is 42.5 Å². The van der Waals surface area contributed by atoms with Crippen molar-refractivity contribution < 1.29 is 13.2 Å². The molecule has 0 unspecified atom stereocenters. The summed E-state index contributed by atoms with van der Waals surface area (Å²) in [5, 5.41) is 4.89. The smallest absolute Gasteiger partial charge is 0.225 e. The Bertz CT molecular complexity index is 766. The lowest BCUT2D eigenvalue weighted by atomic mass is 10.1. The van der Waals surface area contributed by atoms with Crippen LogP contribution in [0.4, 0.5) is 5.69 Å². The molecule has 0 aliphatic rings. The van der Waals surface area contributed by atoms with Crippen molar-refractivity contribution >= 4 is 32.2 Å². The molecule has 0 atom stereocenters. The summed E-state index contributed by atoms with van der Waals surface area (Å²) < 4.78 is 23.6. The normalized spacial score (nSPS) is 11.8. The first-order valence-electron chi connectivity index (χ1n) is 7.35. The van der Waals surface area contributed by atoms with Crippen LogP contribution in [-0.2, 0) is 14.6 Å². The van der Waals surface area contributed by atoms with Gasteiger partial charge in [-0.1, -0.05) is 44.2 Å². The number of carbonyl (C=O) groups excluding carboxylic acids is 1. The summed E-state index contributed by atoms with van der Waals surface area (Å²) in [5.41, 5.74) is 0.685. The van der Waals surface area contributed by atoms with E-state index in [4.69, 9.17) is 0 Å². The van der Waals surface area contributed by atoms with Crippen LogP contribution in [-0.4, -0.2) is 25.8 Å². The van der Waals surface area contributed by atoms with Crippen molar-refractivity contribution in [2.24, 2.45) is 5.92 Å². The fourth-order valence-electron chi connectivity index (χ4n) is 2.33. The minimum absolute atomic E-state index is 0.0120. The van der Waals surface area contributed by atoms with Crippen molar-refractivity contribution in [1.82, 2.24) is 0 Å². The van der Waals surface area contributed by atoms with Crippen LogP contribution in [0.1, 0.15) is 20.3 Å². The van der Waals surface area contributed by atoms with Gasteiger partial charge in [-0.3, -0.25) is 4.79 Å². The Morgan fingerprint density at radius 2 is 1.77 bits per heavy atom. The highest BCUT2D eigenvalue weighted by Gasteiger charge is 2.15. The van der Waals surface area contributed by atoms with Gasteiger partial charge in [-0.25, -0.2) is 8.42 Å². The second kappa shape index (κ2) is 6.92. The van der Waals surface area contributed by atoms with Crippen LogP contribution in [0, 0.1) is 5.92 Å². The van der Waals surface area contributed by atoms with E-state index in [9.17, 15) is 13.2 Å². The molecule has 22 heavy (non-hydrogen) atoms. The van der Waals surface area contributed by atoms with Crippen LogP contribution in [0.25, 0.3) is 10.8 Å². The van der Waals surface area contributed by atoms with E-state index in [1.54, 1.807) is 0 Å². The largest absolute Gasteiger partial charge is 0.326 e. The van der Waals surface area contributed by atoms with Gasteiger partial charge in [-0.05, 0) is 28.8 Å². The first kappa shape index (κ1) is 16.5. The first-order valence-corrected chi connectivity index (χ1v) is 9.17. The second-order valence-corrected chi connectivity index (χ2v) is 8.10. The molecular weight excluding hydrogens is 298 g/mol. The van der Waals surface area contributed by atoms with Gasteiger partial charge in [0.25, 0.3) is 0 Å².